The number of hydrogen-bond donors (Lipinski definition) is 26. The lowest BCUT2D eigenvalue weighted by atomic mass is 9.99. The van der Waals surface area contributed by atoms with E-state index in [4.69, 9.17) is 16.9 Å². The fourth-order valence-electron chi connectivity index (χ4n) is 14.3. The molecule has 2 aromatic heterocycles. The van der Waals surface area contributed by atoms with Crippen LogP contribution in [0.2, 0.25) is 0 Å². The fraction of sp³-hybridized carbons (Fsp3) is 0.407. The summed E-state index contributed by atoms with van der Waals surface area (Å²) in [6.07, 6.45) is 0.916. The second kappa shape index (κ2) is 53.9. The number of primary amides is 1. The maximum absolute atomic E-state index is 15.5. The van der Waals surface area contributed by atoms with Crippen molar-refractivity contribution >= 4 is 118 Å². The number of aromatic amines is 2. The first-order chi connectivity index (χ1) is 65.3. The highest BCUT2D eigenvalue weighted by Crippen LogP contribution is 2.21. The van der Waals surface area contributed by atoms with Crippen molar-refractivity contribution in [2.45, 2.75) is 184 Å². The van der Waals surface area contributed by atoms with E-state index < -0.39 is 255 Å². The molecule has 0 aliphatic carbocycles. The van der Waals surface area contributed by atoms with Crippen molar-refractivity contribution in [2.75, 3.05) is 37.7 Å². The molecule has 1 aliphatic rings. The summed E-state index contributed by atoms with van der Waals surface area (Å²) < 4.78 is 0. The second-order valence-corrected chi connectivity index (χ2v) is 34.5. The smallest absolute Gasteiger partial charge is 0.303 e. The standard InChI is InChI=1S/C91H117N23O22S/c1-49(2)31-64-79(125)99-44-76(121)105-73(81(127)98-42-74(92)119)45-137-46-77(122)104-67(35-53-14-22-59(116)23-15-53)85(131)113-72(39-57-41-96-48-102-57)90(136)114-71(38-56-40-95-47-101-56)89(135)112-70(37-55-18-26-61(118)27-19-55)88(134)111-69(36-54-16-24-60(117)25-17-54)86(132)106-62(11-8-30-97-91(93)94)82(128)110-68(33-51-9-6-5-7-10-51)87(133)108-65(32-50(3)4)84(130)109-66(34-52-12-20-58(115)21-13-52)80(126)100-43-75(120)103-63(83(129)107-64)28-29-78(123)124/h5-7,9-10,12-27,40-41,47-50,62-73,115-118H,8,11,28-39,42-46H2,1-4H3,(H2,92,119)(H,95,101)(H,96,102)(H,98,127)(H,99,125)(H,100,126)(H,103,120)(H,104,122)(H,105,121)(H,106,132)(H,107,129)(H,108,133)(H,109,130)(H,110,128)(H,111,134)(H,112,135)(H,113,131)(H,114,136)(H,123,124)(H4,93,94,97)/t62-,63-,64-,65-,66-,67-,68-,69-,70-,71-,72-,73-/m0/s1. The van der Waals surface area contributed by atoms with Gasteiger partial charge in [-0.05, 0) is 120 Å². The average molecular weight is 1920 g/mol. The number of nitrogens with two attached hydrogens (primary N) is 2. The number of aromatic hydroxyl groups is 4. The van der Waals surface area contributed by atoms with E-state index in [2.05, 4.69) is 105 Å². The fourth-order valence-corrected chi connectivity index (χ4v) is 15.1. The van der Waals surface area contributed by atoms with Gasteiger partial charge in [0.15, 0.2) is 5.96 Å². The lowest BCUT2D eigenvalue weighted by molar-refractivity contribution is -0.138. The molecule has 0 spiro atoms. The topological polar surface area (TPSA) is 717 Å². The molecule has 0 bridgehead atoms. The van der Waals surface area contributed by atoms with Gasteiger partial charge in [0.05, 0.1) is 49.4 Å². The first kappa shape index (κ1) is 107. The van der Waals surface area contributed by atoms with Gasteiger partial charge in [-0.15, -0.1) is 11.8 Å². The molecule has 734 valence electrons. The Labute approximate surface area is 791 Å². The van der Waals surface area contributed by atoms with E-state index in [1.807, 2.05) is 0 Å². The van der Waals surface area contributed by atoms with Gasteiger partial charge >= 0.3 is 5.97 Å². The summed E-state index contributed by atoms with van der Waals surface area (Å²) in [5.41, 5.74) is 13.2. The van der Waals surface area contributed by atoms with Crippen LogP contribution in [0.1, 0.15) is 105 Å². The first-order valence-corrected chi connectivity index (χ1v) is 45.1. The summed E-state index contributed by atoms with van der Waals surface area (Å²) in [7, 11) is 0. The van der Waals surface area contributed by atoms with Crippen molar-refractivity contribution in [3.05, 3.63) is 192 Å². The van der Waals surface area contributed by atoms with Gasteiger partial charge in [-0.1, -0.05) is 107 Å². The number of carbonyl (C=O) groups is 17. The van der Waals surface area contributed by atoms with Crippen molar-refractivity contribution < 1.29 is 107 Å². The van der Waals surface area contributed by atoms with E-state index in [-0.39, 0.29) is 91.8 Å². The molecule has 3 heterocycles. The SMILES string of the molecule is CC(C)C[C@@H]1NC(=O)[C@H](CCC(=O)O)NC(=O)CNC(=O)[C@H](Cc2ccc(O)cc2)NC(=O)[C@H](CC(C)C)NC(=O)[C@H](Cc2ccccc2)NC(=O)[C@H](CCCNC(=N)N)NC(=O)[C@H](Cc2ccc(O)cc2)NC(=O)[C@H](Cc2ccc(O)cc2)NC(=O)[C@H](Cc2c[nH]cn2)NC(=O)[C@H](Cc2c[nH]cn2)NC(=O)[C@H](Cc2ccc(O)cc2)NC(=O)CSC[C@@H](C(=O)NCC(N)=O)NC(=O)CNC1=O. The first-order valence-electron chi connectivity index (χ1n) is 44.0. The van der Waals surface area contributed by atoms with E-state index in [9.17, 15) is 68.7 Å². The molecule has 137 heavy (non-hydrogen) atoms. The van der Waals surface area contributed by atoms with Crippen LogP contribution in [-0.4, -0.2) is 262 Å². The zero-order valence-corrected chi connectivity index (χ0v) is 76.4. The number of amides is 16. The zero-order chi connectivity index (χ0) is 99.8. The second-order valence-electron chi connectivity index (χ2n) is 33.4. The van der Waals surface area contributed by atoms with E-state index in [1.54, 1.807) is 58.0 Å². The molecule has 1 aliphatic heterocycles. The van der Waals surface area contributed by atoms with E-state index in [0.29, 0.717) is 27.8 Å². The number of H-pyrrole nitrogens is 2. The molecule has 45 nitrogen and oxygen atoms in total. The minimum Gasteiger partial charge on any atom is -0.508 e. The number of guanidine groups is 1. The molecule has 1 saturated heterocycles. The molecule has 5 aromatic carbocycles. The molecule has 8 rings (SSSR count). The van der Waals surface area contributed by atoms with Crippen LogP contribution >= 0.6 is 11.8 Å². The largest absolute Gasteiger partial charge is 0.508 e. The maximum Gasteiger partial charge on any atom is 0.303 e. The van der Waals surface area contributed by atoms with Gasteiger partial charge in [0.2, 0.25) is 94.5 Å². The van der Waals surface area contributed by atoms with Crippen molar-refractivity contribution in [2.24, 2.45) is 23.3 Å². The Morgan fingerprint density at radius 3 is 1.09 bits per heavy atom. The Balaban J connectivity index is 1.20. The van der Waals surface area contributed by atoms with Crippen LogP contribution in [0.5, 0.6) is 23.0 Å². The summed E-state index contributed by atoms with van der Waals surface area (Å²) in [4.78, 5) is 259. The Morgan fingerprint density at radius 2 is 0.723 bits per heavy atom. The molecular formula is C91H117N23O22S. The Bertz CT molecular complexity index is 5290. The lowest BCUT2D eigenvalue weighted by Crippen LogP contribution is -2.61. The number of imidazole rings is 2. The van der Waals surface area contributed by atoms with Crippen molar-refractivity contribution in [3.63, 3.8) is 0 Å². The van der Waals surface area contributed by atoms with E-state index >= 15 is 38.4 Å². The number of carboxylic acids is 1. The van der Waals surface area contributed by atoms with Crippen LogP contribution in [0.25, 0.3) is 0 Å². The van der Waals surface area contributed by atoms with Gasteiger partial charge in [0.25, 0.3) is 0 Å². The number of rotatable bonds is 28. The third kappa shape index (κ3) is 37.7. The van der Waals surface area contributed by atoms with Gasteiger partial charge in [-0.25, -0.2) is 9.97 Å². The third-order valence-corrected chi connectivity index (χ3v) is 22.3. The number of nitrogens with zero attached hydrogens (tertiary/aromatic N) is 2. The van der Waals surface area contributed by atoms with Crippen LogP contribution in [0.3, 0.4) is 0 Å². The molecule has 0 radical (unpaired) electrons. The Kier molecular flexibility index (Phi) is 42.0. The summed E-state index contributed by atoms with van der Waals surface area (Å²) in [5, 5.41) is 100. The van der Waals surface area contributed by atoms with E-state index in [1.165, 1.54) is 122 Å². The number of thioether (sulfide) groups is 1. The number of phenols is 4. The monoisotopic (exact) mass is 1920 g/mol. The number of nitrogens with one attached hydrogen (secondary N) is 19. The van der Waals surface area contributed by atoms with Gasteiger partial charge < -0.3 is 132 Å². The van der Waals surface area contributed by atoms with Crippen LogP contribution in [0.4, 0.5) is 0 Å². The number of aliphatic carboxylic acids is 1. The molecule has 12 atom stereocenters. The predicted octanol–water partition coefficient (Wildman–Crippen LogP) is -3.43. The van der Waals surface area contributed by atoms with Gasteiger partial charge in [0, 0.05) is 76.1 Å². The quantitative estimate of drug-likeness (QED) is 0.0129. The third-order valence-electron chi connectivity index (χ3n) is 21.2. The molecule has 28 N–H and O–H groups in total. The number of hydrogen-bond acceptors (Lipinski definition) is 25. The molecule has 46 heteroatoms. The highest BCUT2D eigenvalue weighted by atomic mass is 32.2. The highest BCUT2D eigenvalue weighted by Gasteiger charge is 2.39. The minimum atomic E-state index is -1.73. The van der Waals surface area contributed by atoms with Crippen molar-refractivity contribution in [1.82, 2.24) is 105 Å². The molecule has 16 amide bonds. The maximum atomic E-state index is 15.5. The van der Waals surface area contributed by atoms with Gasteiger partial charge in [0.1, 0.15) is 95.5 Å². The molecule has 0 saturated carbocycles. The summed E-state index contributed by atoms with van der Waals surface area (Å²) in [5.74, 6) is -20.8. The van der Waals surface area contributed by atoms with Crippen molar-refractivity contribution in [1.29, 1.82) is 5.41 Å². The predicted molar refractivity (Wildman–Crippen MR) is 496 cm³/mol. The average Bonchev–Trinajstić information content (AvgIpc) is 1.40. The lowest BCUT2D eigenvalue weighted by Gasteiger charge is -2.29. The minimum absolute atomic E-state index is 0.0162. The van der Waals surface area contributed by atoms with Crippen LogP contribution < -0.4 is 96.5 Å². The molecule has 7 aromatic rings. The van der Waals surface area contributed by atoms with Crippen LogP contribution in [0, 0.1) is 17.2 Å². The molecular weight excluding hydrogens is 1800 g/mol. The van der Waals surface area contributed by atoms with E-state index in [0.717, 1.165) is 11.8 Å². The highest BCUT2D eigenvalue weighted by molar-refractivity contribution is 8.00. The summed E-state index contributed by atoms with van der Waals surface area (Å²) >= 11 is 0.726. The number of carbonyl (C=O) groups excluding carboxylic acids is 16. The Morgan fingerprint density at radius 1 is 0.401 bits per heavy atom. The summed E-state index contributed by atoms with van der Waals surface area (Å²) in [6.45, 7) is 4.14. The van der Waals surface area contributed by atoms with Gasteiger partial charge in [-0.3, -0.25) is 86.9 Å². The zero-order valence-electron chi connectivity index (χ0n) is 75.6. The van der Waals surface area contributed by atoms with Crippen molar-refractivity contribution in [3.8, 4) is 23.0 Å². The number of aromatic nitrogens is 4. The van der Waals surface area contributed by atoms with Gasteiger partial charge in [-0.2, -0.15) is 0 Å². The number of benzene rings is 5. The molecule has 1 fully saturated rings. The molecule has 0 unspecified atom stereocenters. The van der Waals surface area contributed by atoms with Crippen LogP contribution in [-0.2, 0) is 126 Å². The van der Waals surface area contributed by atoms with Crippen LogP contribution in [0.15, 0.2) is 152 Å². The number of phenolic OH excluding ortho intramolecular Hbond substituents is 4. The number of carboxylic acid groups (broad SMARTS) is 1. The Hall–Kier alpha value is -15.7. The summed E-state index contributed by atoms with van der Waals surface area (Å²) in [6, 6.07) is 10.4. The normalized spacial score (nSPS) is 21.6.